The fourth-order valence-corrected chi connectivity index (χ4v) is 21.5. The lowest BCUT2D eigenvalue weighted by atomic mass is 9.50. The fourth-order valence-electron chi connectivity index (χ4n) is 21.5. The molecule has 16 rings (SSSR count). The van der Waals surface area contributed by atoms with Gasteiger partial charge in [-0.25, -0.2) is 0 Å². The Hall–Kier alpha value is -6.61. The van der Waals surface area contributed by atoms with Crippen LogP contribution in [0.1, 0.15) is 118 Å². The molecule has 6 fully saturated rings. The van der Waals surface area contributed by atoms with Crippen molar-refractivity contribution in [1.29, 1.82) is 0 Å². The second-order valence-electron chi connectivity index (χ2n) is 30.0. The van der Waals surface area contributed by atoms with Gasteiger partial charge in [0.2, 0.25) is 5.96 Å². The number of fused-ring (bicyclic) bond motifs is 3. The first-order valence-electron chi connectivity index (χ1n) is 35.3. The van der Waals surface area contributed by atoms with Crippen LogP contribution in [-0.4, -0.2) is 116 Å². The summed E-state index contributed by atoms with van der Waals surface area (Å²) in [5, 5.41) is 58.3. The second-order valence-corrected chi connectivity index (χ2v) is 30.0. The molecule has 15 heteroatoms. The number of hydrogen-bond donors (Lipinski definition) is 11. The normalized spacial score (nSPS) is 36.4. The van der Waals surface area contributed by atoms with Gasteiger partial charge in [-0.3, -0.25) is 9.59 Å². The van der Waals surface area contributed by atoms with Crippen LogP contribution in [0.3, 0.4) is 0 Å². The summed E-state index contributed by atoms with van der Waals surface area (Å²) in [5.74, 6) is 7.00. The van der Waals surface area contributed by atoms with E-state index in [1.165, 1.54) is 48.3 Å². The number of carbonyl (C=O) groups is 2. The van der Waals surface area contributed by atoms with E-state index in [1.54, 1.807) is 12.1 Å². The molecule has 3 aromatic carbocycles. The molecule has 18 atom stereocenters. The number of nitrogens with one attached hydrogen (secondary N) is 6. The lowest BCUT2D eigenvalue weighted by molar-refractivity contribution is -0.126. The Morgan fingerprint density at radius 2 is 1.78 bits per heavy atom. The van der Waals surface area contributed by atoms with Crippen LogP contribution in [0.15, 0.2) is 137 Å². The Kier molecular flexibility index (Phi) is 18.7. The maximum Gasteiger partial charge on any atom is 0.202 e. The van der Waals surface area contributed by atoms with Gasteiger partial charge in [0, 0.05) is 49.8 Å². The van der Waals surface area contributed by atoms with Gasteiger partial charge in [0.25, 0.3) is 0 Å². The van der Waals surface area contributed by atoms with Gasteiger partial charge in [-0.05, 0) is 267 Å². The van der Waals surface area contributed by atoms with E-state index in [-0.39, 0.29) is 70.3 Å². The number of phenolic OH excluding ortho intramolecular Hbond substituents is 1. The molecule has 93 heavy (non-hydrogen) atoms. The minimum atomic E-state index is -0.562. The van der Waals surface area contributed by atoms with Gasteiger partial charge in [-0.15, -0.1) is 0 Å². The molecular formula is C78H99N9O6. The highest BCUT2D eigenvalue weighted by atomic mass is 16.5. The van der Waals surface area contributed by atoms with Gasteiger partial charge in [0.05, 0.1) is 38.4 Å². The van der Waals surface area contributed by atoms with Gasteiger partial charge in [-0.2, -0.15) is 4.99 Å². The number of aryl methyl sites for hydroxylation is 2. The molecule has 5 saturated carbocycles. The summed E-state index contributed by atoms with van der Waals surface area (Å²) < 4.78 is 5.69. The predicted octanol–water partition coefficient (Wildman–Crippen LogP) is 8.01. The number of aliphatic imine (C=N–C) groups is 1. The number of benzene rings is 3. The first kappa shape index (κ1) is 63.8. The number of aromatic hydroxyl groups is 1. The molecule has 0 amide bonds. The maximum atomic E-state index is 14.9. The zero-order valence-corrected chi connectivity index (χ0v) is 54.6. The highest BCUT2D eigenvalue weighted by molar-refractivity contribution is 6.08. The fraction of sp³-hybridized carbons (Fsp3) is 0.551. The van der Waals surface area contributed by atoms with Crippen LogP contribution in [0.25, 0.3) is 5.57 Å². The van der Waals surface area contributed by atoms with Gasteiger partial charge < -0.3 is 63.4 Å². The van der Waals surface area contributed by atoms with Crippen molar-refractivity contribution in [2.24, 2.45) is 86.5 Å². The molecule has 18 unspecified atom stereocenters. The standard InChI is InChI=1S/C78H99N9O6/c1-81-42-56-39-78-70-21-20-49-28-58(89)35-59(90)31-55(45-88)62-36-69(93-2)68(92)32-52(62)30-54-44-85-72(79)37-63(54)50(27-48-13-6-12-47(26-48)19-18-46-10-4-3-5-11-46)14-8-24-84-76(80)86-57-33-64(56)73(78)65(34-57)61-16-7-17-67(91)75(61)87-71(78)41-77(70,38-49)40-66-60-22-25-82-43-53(60)29-51-15-9-23-83-74(51)66/h3-7,9-13,15-16,26,31-32,36-37,44,49-51,53,56-57,60,64,66-67,70-75,81-83,85,87-88,91-92H,14,17-23,25,27-30,33-35,38-43,45,79H2,1-2H3,(H3,80,84,86). The number of nitrogens with zero attached hydrogens (tertiary/aromatic N) is 1. The minimum absolute atomic E-state index is 0.00250. The summed E-state index contributed by atoms with van der Waals surface area (Å²) in [7, 11) is 3.60. The Bertz CT molecular complexity index is 3600. The van der Waals surface area contributed by atoms with Crippen LogP contribution in [0, 0.1) is 82.0 Å². The Balaban J connectivity index is 0.861. The average Bonchev–Trinajstić information content (AvgIpc) is 1.51. The number of piperidine rings is 1. The first-order chi connectivity index (χ1) is 45.3. The summed E-state index contributed by atoms with van der Waals surface area (Å²) in [4.78, 5) is 34.3. The number of nitrogens with two attached hydrogens (primary N) is 2. The summed E-state index contributed by atoms with van der Waals surface area (Å²) in [6.07, 6.45) is 27.8. The number of allylic oxidation sites excluding steroid dienone is 3. The van der Waals surface area contributed by atoms with Gasteiger partial charge >= 0.3 is 0 Å². The molecule has 7 heterocycles. The molecule has 1 spiro atoms. The first-order valence-corrected chi connectivity index (χ1v) is 35.3. The number of guanidine groups is 1. The lowest BCUT2D eigenvalue weighted by Gasteiger charge is -2.56. The second kappa shape index (κ2) is 27.2. The number of dihydropyridines is 1. The SMILES string of the molecule is CNCC1CC23C4CC5(CC6C7CCNCC7CC7C=CCNC76)CC(CCC52)CC(=O)CC(=O)C=C(CO)c2cc(OC)c(O)cc2CC2=CNC(N)C=C2C(Cc2cccc(CCc5ccccc5)c2)CC#CN=C(N)NC2CC(=C5C=CCC(O)C5N4)C3C1C2. The summed E-state index contributed by atoms with van der Waals surface area (Å²) in [5.41, 5.74) is 23.5. The van der Waals surface area contributed by atoms with Crippen molar-refractivity contribution in [3.8, 4) is 23.5 Å². The topological polar surface area (TPSA) is 241 Å². The van der Waals surface area contributed by atoms with E-state index in [1.807, 2.05) is 12.3 Å². The van der Waals surface area contributed by atoms with Crippen molar-refractivity contribution < 1.29 is 29.6 Å². The third-order valence-electron chi connectivity index (χ3n) is 24.8. The third kappa shape index (κ3) is 12.7. The molecule has 492 valence electrons. The van der Waals surface area contributed by atoms with E-state index in [0.717, 1.165) is 107 Å². The zero-order valence-electron chi connectivity index (χ0n) is 54.6. The van der Waals surface area contributed by atoms with Crippen LogP contribution in [0.2, 0.25) is 0 Å². The van der Waals surface area contributed by atoms with E-state index in [4.69, 9.17) is 21.2 Å². The minimum Gasteiger partial charge on any atom is -0.504 e. The quantitative estimate of drug-likeness (QED) is 0.0496. The molecule has 0 radical (unpaired) electrons. The van der Waals surface area contributed by atoms with Gasteiger partial charge in [0.1, 0.15) is 5.78 Å². The zero-order chi connectivity index (χ0) is 64.0. The molecule has 6 aliphatic carbocycles. The van der Waals surface area contributed by atoms with E-state index in [9.17, 15) is 24.9 Å². The van der Waals surface area contributed by atoms with E-state index in [2.05, 4.69) is 130 Å². The van der Waals surface area contributed by atoms with Crippen LogP contribution >= 0.6 is 0 Å². The number of methoxy groups -OCH3 is 1. The molecule has 0 aromatic heterocycles. The molecule has 7 aliphatic heterocycles. The van der Waals surface area contributed by atoms with Crippen molar-refractivity contribution in [3.05, 3.63) is 159 Å². The van der Waals surface area contributed by atoms with Gasteiger partial charge in [0.15, 0.2) is 17.3 Å². The molecule has 13 aliphatic rings. The van der Waals surface area contributed by atoms with Crippen molar-refractivity contribution in [1.82, 2.24) is 31.9 Å². The number of phenols is 1. The summed E-state index contributed by atoms with van der Waals surface area (Å²) in [6.45, 7) is 3.42. The van der Waals surface area contributed by atoms with Crippen molar-refractivity contribution in [2.45, 2.75) is 152 Å². The van der Waals surface area contributed by atoms with Crippen molar-refractivity contribution in [2.75, 3.05) is 46.9 Å². The van der Waals surface area contributed by atoms with Crippen LogP contribution in [0.5, 0.6) is 11.5 Å². The van der Waals surface area contributed by atoms with Crippen LogP contribution in [0.4, 0.5) is 0 Å². The van der Waals surface area contributed by atoms with E-state index >= 15 is 0 Å². The maximum absolute atomic E-state index is 14.9. The third-order valence-corrected chi connectivity index (χ3v) is 24.8. The smallest absolute Gasteiger partial charge is 0.202 e. The van der Waals surface area contributed by atoms with Crippen LogP contribution in [-0.2, 0) is 35.3 Å². The van der Waals surface area contributed by atoms with Gasteiger partial charge in [-0.1, -0.05) is 90.4 Å². The molecule has 3 aromatic rings. The highest BCUT2D eigenvalue weighted by Crippen LogP contribution is 2.76. The van der Waals surface area contributed by atoms with Crippen LogP contribution < -0.4 is 48.1 Å². The number of rotatable bonds is 11. The van der Waals surface area contributed by atoms with E-state index in [0.29, 0.717) is 108 Å². The molecule has 1 saturated heterocycles. The predicted molar refractivity (Wildman–Crippen MR) is 366 cm³/mol. The number of Topliss-reactive ketones (excluding diaryl/α,β-unsaturated/α-hetero) is 1. The Morgan fingerprint density at radius 1 is 0.935 bits per heavy atom. The highest BCUT2D eigenvalue weighted by Gasteiger charge is 2.72. The summed E-state index contributed by atoms with van der Waals surface area (Å²) >= 11 is 0. The number of carbonyl (C=O) groups excluding carboxylic acids is 2. The summed E-state index contributed by atoms with van der Waals surface area (Å²) in [6, 6.07) is 26.2. The number of ketones is 2. The largest absolute Gasteiger partial charge is 0.504 e. The van der Waals surface area contributed by atoms with E-state index < -0.39 is 18.9 Å². The monoisotopic (exact) mass is 1260 g/mol. The number of aliphatic hydroxyl groups excluding tert-OH is 2. The Labute approximate surface area is 550 Å². The number of aliphatic hydroxyl groups is 2. The molecule has 15 nitrogen and oxygen atoms in total. The lowest BCUT2D eigenvalue weighted by Crippen LogP contribution is -2.57. The molecular weight excluding hydrogens is 1160 g/mol. The molecule has 8 bridgehead atoms. The average molecular weight is 1260 g/mol. The van der Waals surface area contributed by atoms with Crippen molar-refractivity contribution in [3.63, 3.8) is 0 Å². The molecule has 13 N–H and O–H groups in total. The number of hydrogen-bond acceptors (Lipinski definition) is 15. The Morgan fingerprint density at radius 3 is 2.63 bits per heavy atom. The van der Waals surface area contributed by atoms with Crippen molar-refractivity contribution >= 4 is 23.1 Å². The number of ether oxygens (including phenoxy) is 1.